The molecule has 1 aromatic carbocycles. The van der Waals surface area contributed by atoms with E-state index in [0.717, 1.165) is 5.56 Å². The number of nitrogens with one attached hydrogen (secondary N) is 3. The van der Waals surface area contributed by atoms with Gasteiger partial charge in [-0.1, -0.05) is 18.2 Å². The molecule has 4 amide bonds. The predicted octanol–water partition coefficient (Wildman–Crippen LogP) is 0.323. The number of aliphatic carboxylic acids is 5. The number of carboxylic acid groups (broad SMARTS) is 5. The van der Waals surface area contributed by atoms with E-state index in [-0.39, 0.29) is 141 Å². The van der Waals surface area contributed by atoms with Crippen molar-refractivity contribution in [3.8, 4) is 0 Å². The molecule has 368 valence electrons. The lowest BCUT2D eigenvalue weighted by Crippen LogP contribution is -2.51. The molecule has 0 bridgehead atoms. The van der Waals surface area contributed by atoms with E-state index >= 15 is 0 Å². The number of urea groups is 1. The van der Waals surface area contributed by atoms with Crippen LogP contribution in [0.15, 0.2) is 47.2 Å². The highest BCUT2D eigenvalue weighted by molar-refractivity contribution is 9.10. The Bertz CT molecular complexity index is 1980. The lowest BCUT2D eigenvalue weighted by molar-refractivity contribution is -0.140. The number of ketones is 1. The molecule has 0 radical (unpaired) electrons. The topological polar surface area (TPSA) is 320 Å². The number of hydrogen-bond acceptors (Lipinski definition) is 14. The van der Waals surface area contributed by atoms with Crippen molar-refractivity contribution in [2.45, 2.75) is 64.2 Å². The van der Waals surface area contributed by atoms with Crippen LogP contribution in [0.4, 0.5) is 4.79 Å². The van der Waals surface area contributed by atoms with Gasteiger partial charge in [-0.25, -0.2) is 19.4 Å². The fourth-order valence-corrected chi connectivity index (χ4v) is 7.27. The van der Waals surface area contributed by atoms with Crippen LogP contribution >= 0.6 is 15.9 Å². The SMILES string of the molecule is CC(=O)CC[C@@H](NC(=O)N[C@H](CCCCN(Cc1ccc(Br)nc1)C(=O)c1ccc(CNC(=O)CN2CCN(CC(=O)O)CCN(CC(=O)O)CCN(CC(=O)O)CC2)cc1)C(=O)O)C(=O)O. The number of pyridine rings is 1. The molecular formula is C43H60BrN9O14. The van der Waals surface area contributed by atoms with Gasteiger partial charge in [-0.3, -0.25) is 43.6 Å². The molecule has 1 fully saturated rings. The van der Waals surface area contributed by atoms with Crippen molar-refractivity contribution in [1.29, 1.82) is 0 Å². The number of carboxylic acids is 5. The van der Waals surface area contributed by atoms with Crippen LogP contribution in [0.25, 0.3) is 0 Å². The number of Topliss-reactive ketones (excluding diaryl/α,β-unsaturated/α-hetero) is 1. The minimum Gasteiger partial charge on any atom is -0.480 e. The second-order valence-electron chi connectivity index (χ2n) is 16.1. The molecule has 24 heteroatoms. The Labute approximate surface area is 395 Å². The molecule has 0 unspecified atom stereocenters. The van der Waals surface area contributed by atoms with E-state index in [0.29, 0.717) is 22.2 Å². The van der Waals surface area contributed by atoms with Gasteiger partial charge in [0.25, 0.3) is 5.91 Å². The Balaban J connectivity index is 1.64. The number of amides is 4. The van der Waals surface area contributed by atoms with Gasteiger partial charge in [0.05, 0.1) is 26.2 Å². The molecule has 1 aliphatic rings. The average Bonchev–Trinajstić information content (AvgIpc) is 3.25. The van der Waals surface area contributed by atoms with Crippen LogP contribution in [0.2, 0.25) is 0 Å². The number of hydrogen-bond donors (Lipinski definition) is 8. The van der Waals surface area contributed by atoms with E-state index in [9.17, 15) is 68.7 Å². The van der Waals surface area contributed by atoms with Gasteiger partial charge >= 0.3 is 35.9 Å². The summed E-state index contributed by atoms with van der Waals surface area (Å²) < 4.78 is 0.595. The Morgan fingerprint density at radius 2 is 1.10 bits per heavy atom. The third-order valence-corrected chi connectivity index (χ3v) is 11.1. The van der Waals surface area contributed by atoms with Crippen molar-refractivity contribution in [2.75, 3.05) is 85.1 Å². The number of rotatable bonds is 25. The Hall–Kier alpha value is -6.08. The first kappa shape index (κ1) is 55.2. The summed E-state index contributed by atoms with van der Waals surface area (Å²) in [6, 6.07) is 6.35. The number of nitrogens with zero attached hydrogens (tertiary/aromatic N) is 6. The molecule has 23 nitrogen and oxygen atoms in total. The Kier molecular flexibility index (Phi) is 23.8. The minimum atomic E-state index is -1.39. The summed E-state index contributed by atoms with van der Waals surface area (Å²) in [7, 11) is 0. The first-order chi connectivity index (χ1) is 31.8. The molecule has 1 aromatic heterocycles. The summed E-state index contributed by atoms with van der Waals surface area (Å²) >= 11 is 3.30. The Morgan fingerprint density at radius 1 is 0.642 bits per heavy atom. The van der Waals surface area contributed by atoms with Gasteiger partial charge in [0.1, 0.15) is 22.5 Å². The minimum absolute atomic E-state index is 0.0324. The smallest absolute Gasteiger partial charge is 0.326 e. The van der Waals surface area contributed by atoms with Crippen LogP contribution in [-0.2, 0) is 46.7 Å². The zero-order chi connectivity index (χ0) is 49.5. The summed E-state index contributed by atoms with van der Waals surface area (Å²) in [5.74, 6) is -6.84. The van der Waals surface area contributed by atoms with Crippen LogP contribution in [0.5, 0.6) is 0 Å². The molecule has 1 saturated heterocycles. The highest BCUT2D eigenvalue weighted by Crippen LogP contribution is 2.15. The third kappa shape index (κ3) is 22.3. The third-order valence-electron chi connectivity index (χ3n) is 10.7. The van der Waals surface area contributed by atoms with Crippen molar-refractivity contribution in [3.63, 3.8) is 0 Å². The fraction of sp³-hybridized carbons (Fsp3) is 0.535. The molecule has 0 spiro atoms. The first-order valence-corrected chi connectivity index (χ1v) is 22.4. The second-order valence-corrected chi connectivity index (χ2v) is 16.9. The van der Waals surface area contributed by atoms with Crippen LogP contribution in [0.3, 0.4) is 0 Å². The maximum absolute atomic E-state index is 13.9. The van der Waals surface area contributed by atoms with Gasteiger partial charge < -0.3 is 51.2 Å². The molecule has 1 aliphatic heterocycles. The molecule has 8 N–H and O–H groups in total. The van der Waals surface area contributed by atoms with Gasteiger partial charge in [0.15, 0.2) is 0 Å². The van der Waals surface area contributed by atoms with E-state index in [2.05, 4.69) is 36.9 Å². The first-order valence-electron chi connectivity index (χ1n) is 21.6. The van der Waals surface area contributed by atoms with Crippen molar-refractivity contribution >= 4 is 69.4 Å². The highest BCUT2D eigenvalue weighted by atomic mass is 79.9. The molecular weight excluding hydrogens is 946 g/mol. The molecule has 2 atom stereocenters. The standard InChI is InChI=1S/C43H60BrN9O14/c1-29(54)5-11-34(42(65)66)48-43(67)47-33(41(63)64)4-2-3-13-53(24-31-8-12-35(44)45-23-31)40(62)32-9-6-30(7-10-32)22-46-36(55)25-49-14-16-50(26-37(56)57)18-20-52(28-39(60)61)21-19-51(17-15-49)27-38(58)59/h6-10,12,23,33-34H,2-5,11,13-22,24-28H2,1H3,(H,46,55)(H,56,57)(H,58,59)(H,60,61)(H,63,64)(H,65,66)(H2,47,48,67)/t33-,34-/m1/s1. The second kappa shape index (κ2) is 28.8. The number of carbonyl (C=O) groups excluding carboxylic acids is 4. The van der Waals surface area contributed by atoms with E-state index in [1.54, 1.807) is 67.1 Å². The van der Waals surface area contributed by atoms with Gasteiger partial charge in [-0.05, 0) is 77.9 Å². The maximum atomic E-state index is 13.9. The Morgan fingerprint density at radius 3 is 1.54 bits per heavy atom. The van der Waals surface area contributed by atoms with Crippen molar-refractivity contribution in [3.05, 3.63) is 63.9 Å². The van der Waals surface area contributed by atoms with Gasteiger partial charge in [-0.2, -0.15) is 0 Å². The van der Waals surface area contributed by atoms with Gasteiger partial charge in [0, 0.05) is 90.2 Å². The lowest BCUT2D eigenvalue weighted by Gasteiger charge is -2.32. The van der Waals surface area contributed by atoms with E-state index in [4.69, 9.17) is 0 Å². The number of unbranched alkanes of at least 4 members (excludes halogenated alkanes) is 1. The van der Waals surface area contributed by atoms with E-state index in [1.165, 1.54) is 6.92 Å². The monoisotopic (exact) mass is 1010 g/mol. The van der Waals surface area contributed by atoms with E-state index in [1.807, 2.05) is 0 Å². The van der Waals surface area contributed by atoms with Crippen molar-refractivity contribution in [2.24, 2.45) is 0 Å². The number of aromatic nitrogens is 1. The highest BCUT2D eigenvalue weighted by Gasteiger charge is 2.26. The molecule has 2 heterocycles. The normalized spacial score (nSPS) is 15.4. The number of halogens is 1. The maximum Gasteiger partial charge on any atom is 0.326 e. The largest absolute Gasteiger partial charge is 0.480 e. The summed E-state index contributed by atoms with van der Waals surface area (Å²) in [6.45, 7) is 2.84. The molecule has 0 aliphatic carbocycles. The summed E-state index contributed by atoms with van der Waals surface area (Å²) in [5.41, 5.74) is 1.74. The van der Waals surface area contributed by atoms with Gasteiger partial charge in [0.2, 0.25) is 5.91 Å². The van der Waals surface area contributed by atoms with Crippen LogP contribution in [0.1, 0.15) is 60.5 Å². The lowest BCUT2D eigenvalue weighted by atomic mass is 10.1. The van der Waals surface area contributed by atoms with Crippen molar-refractivity contribution in [1.82, 2.24) is 45.4 Å². The predicted molar refractivity (Wildman–Crippen MR) is 242 cm³/mol. The van der Waals surface area contributed by atoms with Crippen molar-refractivity contribution < 1.29 is 68.7 Å². The zero-order valence-corrected chi connectivity index (χ0v) is 38.9. The average molecular weight is 1010 g/mol. The van der Waals surface area contributed by atoms with Crippen LogP contribution in [-0.4, -0.2) is 206 Å². The fourth-order valence-electron chi connectivity index (χ4n) is 7.04. The number of benzene rings is 1. The molecule has 3 rings (SSSR count). The van der Waals surface area contributed by atoms with E-state index < -0.39 is 48.0 Å². The van der Waals surface area contributed by atoms with Crippen LogP contribution < -0.4 is 16.0 Å². The molecule has 67 heavy (non-hydrogen) atoms. The van der Waals surface area contributed by atoms with Gasteiger partial charge in [-0.15, -0.1) is 0 Å². The van der Waals surface area contributed by atoms with Crippen LogP contribution in [0, 0.1) is 0 Å². The zero-order valence-electron chi connectivity index (χ0n) is 37.3. The quantitative estimate of drug-likeness (QED) is 0.0491. The molecule has 2 aromatic rings. The summed E-state index contributed by atoms with van der Waals surface area (Å²) in [4.78, 5) is 122. The summed E-state index contributed by atoms with van der Waals surface area (Å²) in [5, 5.41) is 54.9. The molecule has 0 saturated carbocycles. The summed E-state index contributed by atoms with van der Waals surface area (Å²) in [6.07, 6.45) is 1.92. The number of carbonyl (C=O) groups is 9.